The molecule has 2 aromatic heterocycles. The number of carbonyl (C=O) groups is 1. The minimum absolute atomic E-state index is 0.0156. The first kappa shape index (κ1) is 25.6. The van der Waals surface area contributed by atoms with Gasteiger partial charge in [0, 0.05) is 47.3 Å². The van der Waals surface area contributed by atoms with E-state index in [1.54, 1.807) is 18.2 Å². The highest BCUT2D eigenvalue weighted by atomic mass is 19.1. The third-order valence-electron chi connectivity index (χ3n) is 8.99. The quantitative estimate of drug-likeness (QED) is 0.298. The van der Waals surface area contributed by atoms with Crippen molar-refractivity contribution in [2.75, 3.05) is 25.2 Å². The third kappa shape index (κ3) is 4.94. The number of halogens is 1. The highest BCUT2D eigenvalue weighted by molar-refractivity contribution is 6.05. The van der Waals surface area contributed by atoms with Gasteiger partial charge in [0.05, 0.1) is 19.5 Å². The van der Waals surface area contributed by atoms with Crippen LogP contribution in [0.4, 0.5) is 10.1 Å². The zero-order valence-corrected chi connectivity index (χ0v) is 22.4. The van der Waals surface area contributed by atoms with Gasteiger partial charge < -0.3 is 14.2 Å². The van der Waals surface area contributed by atoms with Gasteiger partial charge in [-0.15, -0.1) is 0 Å². The van der Waals surface area contributed by atoms with E-state index >= 15 is 0 Å². The topological polar surface area (TPSA) is 94.2 Å². The molecule has 4 fully saturated rings. The molecule has 204 valence electrons. The van der Waals surface area contributed by atoms with Gasteiger partial charge in [-0.3, -0.25) is 9.18 Å². The lowest BCUT2D eigenvalue weighted by molar-refractivity contribution is -0.116. The molecule has 39 heavy (non-hydrogen) atoms. The maximum atomic E-state index is 13.7. The minimum atomic E-state index is -0.611. The first-order valence-electron chi connectivity index (χ1n) is 13.8. The molecule has 4 aliphatic carbocycles. The van der Waals surface area contributed by atoms with Crippen LogP contribution in [0.2, 0.25) is 0 Å². The summed E-state index contributed by atoms with van der Waals surface area (Å²) < 4.78 is 24.0. The SMILES string of the molecule is C=C(CCF)C(=O)N(CC12CCC(c3ccnc(OC)n3)(CC1)CC2)c1cccc(-c2nc(C3CC3)no2)c1. The Balaban J connectivity index is 1.26. The first-order valence-corrected chi connectivity index (χ1v) is 13.8. The van der Waals surface area contributed by atoms with Gasteiger partial charge in [-0.25, -0.2) is 4.98 Å². The van der Waals surface area contributed by atoms with Crippen LogP contribution in [0, 0.1) is 5.41 Å². The second kappa shape index (κ2) is 10.2. The number of ether oxygens (including phenoxy) is 1. The Morgan fingerprint density at radius 3 is 2.62 bits per heavy atom. The first-order chi connectivity index (χ1) is 18.9. The lowest BCUT2D eigenvalue weighted by atomic mass is 9.52. The van der Waals surface area contributed by atoms with E-state index in [1.807, 2.05) is 30.3 Å². The van der Waals surface area contributed by atoms with Crippen LogP contribution in [0.1, 0.15) is 75.2 Å². The summed E-state index contributed by atoms with van der Waals surface area (Å²) in [6.07, 6.45) is 9.89. The summed E-state index contributed by atoms with van der Waals surface area (Å²) in [7, 11) is 1.59. The van der Waals surface area contributed by atoms with Crippen LogP contribution in [0.3, 0.4) is 0 Å². The van der Waals surface area contributed by atoms with E-state index in [4.69, 9.17) is 9.26 Å². The number of rotatable bonds is 10. The van der Waals surface area contributed by atoms with Crippen molar-refractivity contribution >= 4 is 11.6 Å². The number of alkyl halides is 1. The molecule has 0 unspecified atom stereocenters. The normalized spacial score (nSPS) is 23.9. The summed E-state index contributed by atoms with van der Waals surface area (Å²) in [5.41, 5.74) is 2.82. The molecule has 8 nitrogen and oxygen atoms in total. The summed E-state index contributed by atoms with van der Waals surface area (Å²) >= 11 is 0. The fourth-order valence-corrected chi connectivity index (χ4v) is 6.31. The Bertz CT molecular complexity index is 1360. The second-order valence-corrected chi connectivity index (χ2v) is 11.4. The van der Waals surface area contributed by atoms with Crippen molar-refractivity contribution in [1.82, 2.24) is 20.1 Å². The molecule has 3 aromatic rings. The molecule has 0 aliphatic heterocycles. The maximum absolute atomic E-state index is 13.7. The van der Waals surface area contributed by atoms with E-state index in [9.17, 15) is 9.18 Å². The molecule has 0 atom stereocenters. The molecule has 0 N–H and O–H groups in total. The number of methoxy groups -OCH3 is 1. The van der Waals surface area contributed by atoms with Gasteiger partial charge in [0.15, 0.2) is 5.82 Å². The van der Waals surface area contributed by atoms with E-state index in [1.165, 1.54) is 0 Å². The predicted octanol–water partition coefficient (Wildman–Crippen LogP) is 5.95. The Kier molecular flexibility index (Phi) is 6.69. The van der Waals surface area contributed by atoms with Crippen LogP contribution in [0.25, 0.3) is 11.5 Å². The van der Waals surface area contributed by atoms with Crippen molar-refractivity contribution in [3.63, 3.8) is 0 Å². The zero-order chi connectivity index (χ0) is 27.0. The van der Waals surface area contributed by atoms with Gasteiger partial charge in [-0.1, -0.05) is 17.8 Å². The van der Waals surface area contributed by atoms with Gasteiger partial charge in [0.1, 0.15) is 0 Å². The molecular formula is C30H34FN5O3. The molecule has 4 saturated carbocycles. The maximum Gasteiger partial charge on any atom is 0.316 e. The lowest BCUT2D eigenvalue weighted by Gasteiger charge is -2.54. The Hall–Kier alpha value is -3.62. The van der Waals surface area contributed by atoms with E-state index in [0.717, 1.165) is 74.1 Å². The molecule has 2 bridgehead atoms. The number of amides is 1. The fraction of sp³-hybridized carbons (Fsp3) is 0.500. The van der Waals surface area contributed by atoms with Crippen molar-refractivity contribution in [1.29, 1.82) is 0 Å². The third-order valence-corrected chi connectivity index (χ3v) is 8.99. The molecule has 9 heteroatoms. The van der Waals surface area contributed by atoms with Gasteiger partial charge in [-0.2, -0.15) is 9.97 Å². The van der Waals surface area contributed by atoms with E-state index < -0.39 is 6.67 Å². The molecule has 0 radical (unpaired) electrons. The standard InChI is InChI=1S/C30H34FN5O3/c1-20(8-16-31)27(37)36(23-5-3-4-22(18-23)26-34-25(35-39-26)21-6-7-21)19-29-10-13-30(14-11-29,15-12-29)24-9-17-32-28(33-24)38-2/h3-5,9,17-18,21H,1,6-8,10-16,19H2,2H3. The molecule has 2 heterocycles. The Labute approximate surface area is 227 Å². The average Bonchev–Trinajstić information content (AvgIpc) is 3.72. The number of nitrogens with zero attached hydrogens (tertiary/aromatic N) is 5. The van der Waals surface area contributed by atoms with Crippen molar-refractivity contribution in [3.8, 4) is 17.5 Å². The number of hydrogen-bond donors (Lipinski definition) is 0. The monoisotopic (exact) mass is 531 g/mol. The zero-order valence-electron chi connectivity index (χ0n) is 22.4. The molecule has 7 rings (SSSR count). The molecule has 4 aliphatic rings. The summed E-state index contributed by atoms with van der Waals surface area (Å²) in [6, 6.07) is 10.1. The Morgan fingerprint density at radius 2 is 1.92 bits per heavy atom. The number of aromatic nitrogens is 4. The number of carbonyl (C=O) groups excluding carboxylic acids is 1. The summed E-state index contributed by atoms with van der Waals surface area (Å²) in [5.74, 6) is 1.35. The van der Waals surface area contributed by atoms with Crippen molar-refractivity contribution in [2.24, 2.45) is 5.41 Å². The van der Waals surface area contributed by atoms with Crippen LogP contribution in [-0.4, -0.2) is 46.3 Å². The number of anilines is 1. The van der Waals surface area contributed by atoms with Gasteiger partial charge >= 0.3 is 6.01 Å². The number of hydrogen-bond acceptors (Lipinski definition) is 7. The van der Waals surface area contributed by atoms with Gasteiger partial charge in [0.25, 0.3) is 11.8 Å². The van der Waals surface area contributed by atoms with Crippen LogP contribution in [0.15, 0.2) is 53.2 Å². The van der Waals surface area contributed by atoms with Crippen molar-refractivity contribution in [2.45, 2.75) is 69.1 Å². The highest BCUT2D eigenvalue weighted by Crippen LogP contribution is 2.58. The van der Waals surface area contributed by atoms with Crippen LogP contribution >= 0.6 is 0 Å². The van der Waals surface area contributed by atoms with Crippen molar-refractivity contribution < 1.29 is 18.4 Å². The summed E-state index contributed by atoms with van der Waals surface area (Å²) in [5, 5.41) is 4.14. The molecule has 0 saturated heterocycles. The Morgan fingerprint density at radius 1 is 1.15 bits per heavy atom. The fourth-order valence-electron chi connectivity index (χ4n) is 6.31. The van der Waals surface area contributed by atoms with E-state index in [2.05, 4.69) is 26.7 Å². The average molecular weight is 532 g/mol. The molecule has 1 amide bonds. The van der Waals surface area contributed by atoms with E-state index in [0.29, 0.717) is 24.4 Å². The van der Waals surface area contributed by atoms with E-state index in [-0.39, 0.29) is 28.7 Å². The summed E-state index contributed by atoms with van der Waals surface area (Å²) in [4.78, 5) is 28.9. The predicted molar refractivity (Wildman–Crippen MR) is 144 cm³/mol. The molecule has 0 spiro atoms. The minimum Gasteiger partial charge on any atom is -0.467 e. The smallest absolute Gasteiger partial charge is 0.316 e. The van der Waals surface area contributed by atoms with Gasteiger partial charge in [0.2, 0.25) is 0 Å². The highest BCUT2D eigenvalue weighted by Gasteiger charge is 2.51. The lowest BCUT2D eigenvalue weighted by Crippen LogP contribution is -2.51. The van der Waals surface area contributed by atoms with Gasteiger partial charge in [-0.05, 0) is 81.0 Å². The van der Waals surface area contributed by atoms with Crippen molar-refractivity contribution in [3.05, 3.63) is 60.2 Å². The number of fused-ring (bicyclic) bond motifs is 3. The van der Waals surface area contributed by atoms with Crippen LogP contribution in [-0.2, 0) is 10.2 Å². The number of benzene rings is 1. The summed E-state index contributed by atoms with van der Waals surface area (Å²) in [6.45, 7) is 3.87. The van der Waals surface area contributed by atoms with Crippen LogP contribution in [0.5, 0.6) is 6.01 Å². The largest absolute Gasteiger partial charge is 0.467 e. The van der Waals surface area contributed by atoms with Crippen LogP contribution < -0.4 is 9.64 Å². The molecule has 1 aromatic carbocycles. The second-order valence-electron chi connectivity index (χ2n) is 11.4. The molecular weight excluding hydrogens is 497 g/mol.